The third-order valence-corrected chi connectivity index (χ3v) is 4.44. The lowest BCUT2D eigenvalue weighted by atomic mass is 9.97. The van der Waals surface area contributed by atoms with Crippen molar-refractivity contribution in [3.05, 3.63) is 69.1 Å². The fourth-order valence-electron chi connectivity index (χ4n) is 2.97. The average molecular weight is 381 g/mol. The van der Waals surface area contributed by atoms with Gasteiger partial charge in [-0.15, -0.1) is 0 Å². The molecular formula is C20H17BrN2O. The number of hydrogen-bond donors (Lipinski definition) is 0. The highest BCUT2D eigenvalue weighted by atomic mass is 79.9. The van der Waals surface area contributed by atoms with Crippen LogP contribution in [-0.4, -0.2) is 4.57 Å². The van der Waals surface area contributed by atoms with Gasteiger partial charge in [0.05, 0.1) is 0 Å². The standard InChI is InChI=1S/C20H17BrN2O/c1-13(2)12-23-18(11-22)19(14-6-4-3-5-7-14)17-10-15(21)8-9-16(17)20(23)24/h3-10,13H,12H2,1-2H3. The SMILES string of the molecule is CC(C)Cn1c(C#N)c(-c2ccccc2)c2cc(Br)ccc2c1=O. The van der Waals surface area contributed by atoms with Crippen molar-refractivity contribution in [3.63, 3.8) is 0 Å². The monoisotopic (exact) mass is 380 g/mol. The number of nitrogens with zero attached hydrogens (tertiary/aromatic N) is 2. The van der Waals surface area contributed by atoms with Crippen molar-refractivity contribution in [2.75, 3.05) is 0 Å². The Balaban J connectivity index is 2.51. The molecule has 0 aliphatic carbocycles. The van der Waals surface area contributed by atoms with Gasteiger partial charge in [0.1, 0.15) is 11.8 Å². The Morgan fingerprint density at radius 1 is 1.12 bits per heavy atom. The Hall–Kier alpha value is -2.38. The van der Waals surface area contributed by atoms with E-state index in [2.05, 4.69) is 22.0 Å². The fourth-order valence-corrected chi connectivity index (χ4v) is 3.33. The first kappa shape index (κ1) is 16.5. The Labute approximate surface area is 149 Å². The van der Waals surface area contributed by atoms with Crippen LogP contribution in [0.4, 0.5) is 0 Å². The Morgan fingerprint density at radius 2 is 1.83 bits per heavy atom. The third-order valence-electron chi connectivity index (χ3n) is 3.95. The van der Waals surface area contributed by atoms with Crippen LogP contribution < -0.4 is 5.56 Å². The van der Waals surface area contributed by atoms with Crippen molar-refractivity contribution >= 4 is 26.7 Å². The summed E-state index contributed by atoms with van der Waals surface area (Å²) >= 11 is 3.48. The number of benzene rings is 2. The summed E-state index contributed by atoms with van der Waals surface area (Å²) in [6, 6.07) is 17.6. The van der Waals surface area contributed by atoms with Gasteiger partial charge in [-0.2, -0.15) is 5.26 Å². The van der Waals surface area contributed by atoms with Crippen LogP contribution in [-0.2, 0) is 6.54 Å². The van der Waals surface area contributed by atoms with Crippen LogP contribution in [0.5, 0.6) is 0 Å². The van der Waals surface area contributed by atoms with Crippen LogP contribution in [0.1, 0.15) is 19.5 Å². The summed E-state index contributed by atoms with van der Waals surface area (Å²) in [5.74, 6) is 0.270. The van der Waals surface area contributed by atoms with Crippen LogP contribution in [0.2, 0.25) is 0 Å². The Morgan fingerprint density at radius 3 is 2.46 bits per heavy atom. The molecule has 24 heavy (non-hydrogen) atoms. The lowest BCUT2D eigenvalue weighted by Gasteiger charge is -2.17. The van der Waals surface area contributed by atoms with Gasteiger partial charge in [0.15, 0.2) is 0 Å². The molecule has 4 heteroatoms. The third kappa shape index (κ3) is 2.88. The van der Waals surface area contributed by atoms with Crippen molar-refractivity contribution < 1.29 is 0 Å². The van der Waals surface area contributed by atoms with E-state index in [1.54, 1.807) is 4.57 Å². The number of aromatic nitrogens is 1. The molecule has 1 heterocycles. The number of halogens is 1. The predicted octanol–water partition coefficient (Wildman–Crippen LogP) is 4.96. The van der Waals surface area contributed by atoms with E-state index in [-0.39, 0.29) is 11.5 Å². The van der Waals surface area contributed by atoms with E-state index < -0.39 is 0 Å². The zero-order valence-electron chi connectivity index (χ0n) is 13.6. The van der Waals surface area contributed by atoms with Crippen molar-refractivity contribution in [2.24, 2.45) is 5.92 Å². The van der Waals surface area contributed by atoms with E-state index in [0.717, 1.165) is 21.0 Å². The molecule has 0 fully saturated rings. The maximum atomic E-state index is 12.9. The zero-order valence-corrected chi connectivity index (χ0v) is 15.2. The number of pyridine rings is 1. The summed E-state index contributed by atoms with van der Waals surface area (Å²) < 4.78 is 2.50. The molecule has 0 atom stereocenters. The van der Waals surface area contributed by atoms with E-state index in [1.165, 1.54) is 0 Å². The fraction of sp³-hybridized carbons (Fsp3) is 0.200. The molecule has 2 aromatic carbocycles. The average Bonchev–Trinajstić information content (AvgIpc) is 2.57. The minimum Gasteiger partial charge on any atom is -0.298 e. The quantitative estimate of drug-likeness (QED) is 0.644. The molecule has 0 radical (unpaired) electrons. The van der Waals surface area contributed by atoms with Gasteiger partial charge < -0.3 is 0 Å². The molecule has 0 N–H and O–H groups in total. The Kier molecular flexibility index (Phi) is 4.55. The number of rotatable bonds is 3. The van der Waals surface area contributed by atoms with E-state index >= 15 is 0 Å². The predicted molar refractivity (Wildman–Crippen MR) is 101 cm³/mol. The van der Waals surface area contributed by atoms with Crippen molar-refractivity contribution in [1.29, 1.82) is 5.26 Å². The molecule has 3 rings (SSSR count). The van der Waals surface area contributed by atoms with Crippen molar-refractivity contribution in [2.45, 2.75) is 20.4 Å². The molecule has 3 nitrogen and oxygen atoms in total. The number of hydrogen-bond acceptors (Lipinski definition) is 2. The minimum atomic E-state index is -0.109. The van der Waals surface area contributed by atoms with E-state index in [1.807, 2.05) is 62.4 Å². The summed E-state index contributed by atoms with van der Waals surface area (Å²) in [5, 5.41) is 11.2. The van der Waals surface area contributed by atoms with Crippen molar-refractivity contribution in [1.82, 2.24) is 4.57 Å². The minimum absolute atomic E-state index is 0.109. The first-order valence-electron chi connectivity index (χ1n) is 7.84. The Bertz CT molecular complexity index is 998. The van der Waals surface area contributed by atoms with Gasteiger partial charge in [0.25, 0.3) is 5.56 Å². The van der Waals surface area contributed by atoms with Gasteiger partial charge in [0.2, 0.25) is 0 Å². The lowest BCUT2D eigenvalue weighted by molar-refractivity contribution is 0.510. The molecule has 120 valence electrons. The summed E-state index contributed by atoms with van der Waals surface area (Å²) in [4.78, 5) is 12.9. The van der Waals surface area contributed by atoms with Gasteiger partial charge in [-0.25, -0.2) is 0 Å². The second-order valence-corrected chi connectivity index (χ2v) is 7.12. The van der Waals surface area contributed by atoms with Gasteiger partial charge >= 0.3 is 0 Å². The number of fused-ring (bicyclic) bond motifs is 1. The molecule has 0 aliphatic rings. The molecular weight excluding hydrogens is 364 g/mol. The number of nitriles is 1. The normalized spacial score (nSPS) is 11.0. The highest BCUT2D eigenvalue weighted by Crippen LogP contribution is 2.32. The first-order chi connectivity index (χ1) is 11.5. The van der Waals surface area contributed by atoms with Crippen LogP contribution in [0.3, 0.4) is 0 Å². The molecule has 0 aliphatic heterocycles. The topological polar surface area (TPSA) is 45.8 Å². The maximum Gasteiger partial charge on any atom is 0.259 e. The van der Waals surface area contributed by atoms with Gasteiger partial charge in [-0.3, -0.25) is 9.36 Å². The van der Waals surface area contributed by atoms with Gasteiger partial charge in [-0.05, 0) is 35.1 Å². The summed E-state index contributed by atoms with van der Waals surface area (Å²) in [6.07, 6.45) is 0. The summed E-state index contributed by atoms with van der Waals surface area (Å²) in [7, 11) is 0. The largest absolute Gasteiger partial charge is 0.298 e. The zero-order chi connectivity index (χ0) is 17.3. The molecule has 0 amide bonds. The van der Waals surface area contributed by atoms with Crippen LogP contribution in [0.15, 0.2) is 57.8 Å². The highest BCUT2D eigenvalue weighted by Gasteiger charge is 2.18. The van der Waals surface area contributed by atoms with Crippen LogP contribution in [0.25, 0.3) is 21.9 Å². The van der Waals surface area contributed by atoms with E-state index in [4.69, 9.17) is 0 Å². The molecule has 0 unspecified atom stereocenters. The maximum absolute atomic E-state index is 12.9. The molecule has 0 spiro atoms. The lowest BCUT2D eigenvalue weighted by Crippen LogP contribution is -2.26. The second kappa shape index (κ2) is 6.62. The smallest absolute Gasteiger partial charge is 0.259 e. The summed E-state index contributed by atoms with van der Waals surface area (Å²) in [6.45, 7) is 4.61. The van der Waals surface area contributed by atoms with E-state index in [0.29, 0.717) is 17.6 Å². The molecule has 0 bridgehead atoms. The second-order valence-electron chi connectivity index (χ2n) is 6.20. The highest BCUT2D eigenvalue weighted by molar-refractivity contribution is 9.10. The van der Waals surface area contributed by atoms with Crippen LogP contribution in [0, 0.1) is 17.2 Å². The van der Waals surface area contributed by atoms with E-state index in [9.17, 15) is 10.1 Å². The molecule has 0 saturated heterocycles. The molecule has 1 aromatic heterocycles. The van der Waals surface area contributed by atoms with Gasteiger partial charge in [0, 0.05) is 22.0 Å². The molecule has 0 saturated carbocycles. The first-order valence-corrected chi connectivity index (χ1v) is 8.63. The molecule has 3 aromatic rings. The van der Waals surface area contributed by atoms with Crippen molar-refractivity contribution in [3.8, 4) is 17.2 Å². The summed E-state index contributed by atoms with van der Waals surface area (Å²) in [5.41, 5.74) is 2.07. The van der Waals surface area contributed by atoms with Crippen LogP contribution >= 0.6 is 15.9 Å². The van der Waals surface area contributed by atoms with Gasteiger partial charge in [-0.1, -0.05) is 60.1 Å².